The maximum absolute atomic E-state index is 3.59. The molecule has 0 bridgehead atoms. The first-order chi connectivity index (χ1) is 7.83. The predicted octanol–water partition coefficient (Wildman–Crippen LogP) is 4.55. The number of anilines is 1. The highest BCUT2D eigenvalue weighted by Gasteiger charge is 2.06. The van der Waals surface area contributed by atoms with Crippen molar-refractivity contribution in [2.24, 2.45) is 0 Å². The number of rotatable bonds is 3. The highest BCUT2D eigenvalue weighted by molar-refractivity contribution is 9.10. The van der Waals surface area contributed by atoms with Crippen molar-refractivity contribution in [2.75, 3.05) is 11.9 Å². The summed E-state index contributed by atoms with van der Waals surface area (Å²) in [5.74, 6) is 0. The molecule has 0 aliphatic rings. The molecule has 0 saturated heterocycles. The van der Waals surface area contributed by atoms with Gasteiger partial charge in [0, 0.05) is 22.3 Å². The van der Waals surface area contributed by atoms with Gasteiger partial charge in [-0.3, -0.25) is 0 Å². The van der Waals surface area contributed by atoms with E-state index in [1.54, 1.807) is 0 Å². The van der Waals surface area contributed by atoms with Gasteiger partial charge in [0.05, 0.1) is 0 Å². The predicted molar refractivity (Wildman–Crippen MR) is 73.7 cm³/mol. The molecule has 2 heteroatoms. The summed E-state index contributed by atoms with van der Waals surface area (Å²) in [5.41, 5.74) is 3.63. The van der Waals surface area contributed by atoms with Gasteiger partial charge in [0.15, 0.2) is 0 Å². The first-order valence-corrected chi connectivity index (χ1v) is 6.20. The summed E-state index contributed by atoms with van der Waals surface area (Å²) in [7, 11) is 0. The minimum atomic E-state index is 0.932. The van der Waals surface area contributed by atoms with Crippen LogP contribution < -0.4 is 5.32 Å². The Morgan fingerprint density at radius 2 is 1.56 bits per heavy atom. The highest BCUT2D eigenvalue weighted by atomic mass is 79.9. The monoisotopic (exact) mass is 275 g/mol. The number of hydrogen-bond donors (Lipinski definition) is 1. The van der Waals surface area contributed by atoms with Crippen LogP contribution in [0.15, 0.2) is 53.0 Å². The normalized spacial score (nSPS) is 10.1. The fraction of sp³-hybridized carbons (Fsp3) is 0.143. The van der Waals surface area contributed by atoms with E-state index >= 15 is 0 Å². The molecule has 2 aromatic carbocycles. The summed E-state index contributed by atoms with van der Waals surface area (Å²) in [5, 5.41) is 3.38. The van der Waals surface area contributed by atoms with E-state index in [0.717, 1.165) is 11.0 Å². The SMILES string of the molecule is CCNc1ccccc1-c1ccccc1Br. The lowest BCUT2D eigenvalue weighted by molar-refractivity contribution is 1.21. The molecule has 82 valence electrons. The minimum Gasteiger partial charge on any atom is -0.385 e. The summed E-state index contributed by atoms with van der Waals surface area (Å²) in [6.07, 6.45) is 0. The van der Waals surface area contributed by atoms with Crippen molar-refractivity contribution < 1.29 is 0 Å². The third kappa shape index (κ3) is 2.27. The van der Waals surface area contributed by atoms with Gasteiger partial charge in [-0.25, -0.2) is 0 Å². The number of halogens is 1. The lowest BCUT2D eigenvalue weighted by Crippen LogP contribution is -1.98. The van der Waals surface area contributed by atoms with Crippen molar-refractivity contribution in [2.45, 2.75) is 6.92 Å². The second-order valence-corrected chi connectivity index (χ2v) is 4.41. The molecule has 0 unspecified atom stereocenters. The summed E-state index contributed by atoms with van der Waals surface area (Å²) in [4.78, 5) is 0. The Balaban J connectivity index is 2.51. The van der Waals surface area contributed by atoms with Gasteiger partial charge in [-0.15, -0.1) is 0 Å². The zero-order chi connectivity index (χ0) is 11.4. The number of para-hydroxylation sites is 1. The standard InChI is InChI=1S/C14H14BrN/c1-2-16-14-10-6-4-8-12(14)11-7-3-5-9-13(11)15/h3-10,16H,2H2,1H3. The van der Waals surface area contributed by atoms with Crippen LogP contribution in [-0.4, -0.2) is 6.54 Å². The highest BCUT2D eigenvalue weighted by Crippen LogP contribution is 2.33. The van der Waals surface area contributed by atoms with Crippen LogP contribution in [0.5, 0.6) is 0 Å². The van der Waals surface area contributed by atoms with E-state index in [0.29, 0.717) is 0 Å². The van der Waals surface area contributed by atoms with Crippen molar-refractivity contribution in [3.63, 3.8) is 0 Å². The van der Waals surface area contributed by atoms with E-state index in [-0.39, 0.29) is 0 Å². The van der Waals surface area contributed by atoms with Crippen molar-refractivity contribution in [3.05, 3.63) is 53.0 Å². The molecule has 0 saturated carbocycles. The van der Waals surface area contributed by atoms with E-state index < -0.39 is 0 Å². The first-order valence-electron chi connectivity index (χ1n) is 5.40. The van der Waals surface area contributed by atoms with Gasteiger partial charge >= 0.3 is 0 Å². The Morgan fingerprint density at radius 1 is 0.938 bits per heavy atom. The van der Waals surface area contributed by atoms with Crippen molar-refractivity contribution >= 4 is 21.6 Å². The summed E-state index contributed by atoms with van der Waals surface area (Å²) < 4.78 is 1.13. The number of nitrogens with one attached hydrogen (secondary N) is 1. The molecule has 1 nitrogen and oxygen atoms in total. The molecule has 2 rings (SSSR count). The summed E-state index contributed by atoms with van der Waals surface area (Å²) in [6.45, 7) is 3.04. The smallest absolute Gasteiger partial charge is 0.0420 e. The van der Waals surface area contributed by atoms with Crippen LogP contribution in [-0.2, 0) is 0 Å². The largest absolute Gasteiger partial charge is 0.385 e. The summed E-state index contributed by atoms with van der Waals surface area (Å²) >= 11 is 3.59. The van der Waals surface area contributed by atoms with Crippen LogP contribution in [0.25, 0.3) is 11.1 Å². The van der Waals surface area contributed by atoms with Gasteiger partial charge in [-0.1, -0.05) is 52.3 Å². The molecule has 0 aliphatic heterocycles. The topological polar surface area (TPSA) is 12.0 Å². The van der Waals surface area contributed by atoms with E-state index in [9.17, 15) is 0 Å². The molecule has 0 aliphatic carbocycles. The van der Waals surface area contributed by atoms with E-state index in [1.807, 2.05) is 6.07 Å². The van der Waals surface area contributed by atoms with E-state index in [1.165, 1.54) is 16.8 Å². The van der Waals surface area contributed by atoms with Crippen LogP contribution in [0, 0.1) is 0 Å². The van der Waals surface area contributed by atoms with Gasteiger partial charge in [0.1, 0.15) is 0 Å². The Morgan fingerprint density at radius 3 is 2.25 bits per heavy atom. The fourth-order valence-corrected chi connectivity index (χ4v) is 2.24. The number of hydrogen-bond acceptors (Lipinski definition) is 1. The van der Waals surface area contributed by atoms with E-state index in [2.05, 4.69) is 70.6 Å². The van der Waals surface area contributed by atoms with Crippen LogP contribution in [0.2, 0.25) is 0 Å². The zero-order valence-corrected chi connectivity index (χ0v) is 10.8. The molecule has 16 heavy (non-hydrogen) atoms. The summed E-state index contributed by atoms with van der Waals surface area (Å²) in [6, 6.07) is 16.6. The Labute approximate surface area is 105 Å². The Kier molecular flexibility index (Phi) is 3.62. The average molecular weight is 276 g/mol. The van der Waals surface area contributed by atoms with Crippen molar-refractivity contribution in [3.8, 4) is 11.1 Å². The van der Waals surface area contributed by atoms with Gasteiger partial charge in [0.2, 0.25) is 0 Å². The molecule has 1 N–H and O–H groups in total. The molecule has 2 aromatic rings. The Hall–Kier alpha value is -1.28. The molecule has 0 heterocycles. The molecule has 0 radical (unpaired) electrons. The molecule has 0 atom stereocenters. The van der Waals surface area contributed by atoms with Gasteiger partial charge in [-0.2, -0.15) is 0 Å². The lowest BCUT2D eigenvalue weighted by atomic mass is 10.0. The van der Waals surface area contributed by atoms with Gasteiger partial charge in [0.25, 0.3) is 0 Å². The lowest BCUT2D eigenvalue weighted by Gasteiger charge is -2.11. The molecule has 0 aromatic heterocycles. The second-order valence-electron chi connectivity index (χ2n) is 3.56. The molecule has 0 spiro atoms. The maximum Gasteiger partial charge on any atom is 0.0420 e. The molecule has 0 fully saturated rings. The molecular formula is C14H14BrN. The maximum atomic E-state index is 3.59. The quantitative estimate of drug-likeness (QED) is 0.867. The third-order valence-electron chi connectivity index (χ3n) is 2.46. The first kappa shape index (κ1) is 11.2. The third-order valence-corrected chi connectivity index (χ3v) is 3.15. The van der Waals surface area contributed by atoms with Crippen molar-refractivity contribution in [1.82, 2.24) is 0 Å². The van der Waals surface area contributed by atoms with E-state index in [4.69, 9.17) is 0 Å². The Bertz CT molecular complexity index is 480. The molecule has 0 amide bonds. The fourth-order valence-electron chi connectivity index (χ4n) is 1.74. The van der Waals surface area contributed by atoms with Crippen LogP contribution >= 0.6 is 15.9 Å². The van der Waals surface area contributed by atoms with Crippen molar-refractivity contribution in [1.29, 1.82) is 0 Å². The zero-order valence-electron chi connectivity index (χ0n) is 9.20. The average Bonchev–Trinajstić information content (AvgIpc) is 2.31. The van der Waals surface area contributed by atoms with Crippen LogP contribution in [0.4, 0.5) is 5.69 Å². The van der Waals surface area contributed by atoms with Gasteiger partial charge < -0.3 is 5.32 Å². The number of benzene rings is 2. The minimum absolute atomic E-state index is 0.932. The van der Waals surface area contributed by atoms with Crippen LogP contribution in [0.1, 0.15) is 6.92 Å². The second kappa shape index (κ2) is 5.17. The van der Waals surface area contributed by atoms with Gasteiger partial charge in [-0.05, 0) is 24.6 Å². The van der Waals surface area contributed by atoms with Crippen LogP contribution in [0.3, 0.4) is 0 Å². The molecular weight excluding hydrogens is 262 g/mol.